The topological polar surface area (TPSA) is 61.8 Å². The van der Waals surface area contributed by atoms with E-state index in [0.29, 0.717) is 25.6 Å². The third kappa shape index (κ3) is 6.93. The summed E-state index contributed by atoms with van der Waals surface area (Å²) < 4.78 is 5.04. The minimum Gasteiger partial charge on any atom is -0.394 e. The summed E-state index contributed by atoms with van der Waals surface area (Å²) in [5.41, 5.74) is -0.423. The maximum absolute atomic E-state index is 11.8. The lowest BCUT2D eigenvalue weighted by Gasteiger charge is -2.36. The number of methoxy groups -OCH3 is 1. The molecule has 0 aliphatic heterocycles. The van der Waals surface area contributed by atoms with Crippen LogP contribution in [-0.4, -0.2) is 61.4 Å². The number of ether oxygens (including phenoxy) is 1. The van der Waals surface area contributed by atoms with Gasteiger partial charge in [-0.15, -0.1) is 0 Å². The van der Waals surface area contributed by atoms with E-state index in [1.807, 2.05) is 18.7 Å². The zero-order valence-corrected chi connectivity index (χ0v) is 12.3. The Morgan fingerprint density at radius 1 is 1.44 bits per heavy atom. The van der Waals surface area contributed by atoms with Crippen LogP contribution >= 0.6 is 0 Å². The van der Waals surface area contributed by atoms with Crippen LogP contribution in [0.15, 0.2) is 0 Å². The molecule has 5 nitrogen and oxygen atoms in total. The summed E-state index contributed by atoms with van der Waals surface area (Å²) in [6.07, 6.45) is 0. The number of aliphatic hydroxyl groups excluding tert-OH is 1. The molecule has 0 aliphatic carbocycles. The fourth-order valence-electron chi connectivity index (χ4n) is 1.44. The Labute approximate surface area is 110 Å². The SMILES string of the molecule is COCCN(CC(=O)NCC(C)C)C(C)(C)CO. The Kier molecular flexibility index (Phi) is 8.15. The fourth-order valence-corrected chi connectivity index (χ4v) is 1.44. The van der Waals surface area contributed by atoms with Gasteiger partial charge in [0.25, 0.3) is 0 Å². The van der Waals surface area contributed by atoms with Crippen LogP contribution in [0.4, 0.5) is 0 Å². The molecule has 0 atom stereocenters. The third-order valence-corrected chi connectivity index (χ3v) is 2.85. The van der Waals surface area contributed by atoms with Gasteiger partial charge in [0.15, 0.2) is 0 Å². The van der Waals surface area contributed by atoms with E-state index in [-0.39, 0.29) is 19.1 Å². The molecule has 0 saturated heterocycles. The highest BCUT2D eigenvalue weighted by Crippen LogP contribution is 2.12. The van der Waals surface area contributed by atoms with Crippen LogP contribution in [0.25, 0.3) is 0 Å². The predicted molar refractivity (Wildman–Crippen MR) is 72.5 cm³/mol. The molecule has 0 radical (unpaired) electrons. The summed E-state index contributed by atoms with van der Waals surface area (Å²) in [4.78, 5) is 13.7. The second kappa shape index (κ2) is 8.45. The first kappa shape index (κ1) is 17.4. The highest BCUT2D eigenvalue weighted by Gasteiger charge is 2.27. The molecule has 0 bridgehead atoms. The monoisotopic (exact) mass is 260 g/mol. The maximum Gasteiger partial charge on any atom is 0.234 e. The molecule has 0 spiro atoms. The van der Waals surface area contributed by atoms with Crippen LogP contribution in [0, 0.1) is 5.92 Å². The molecule has 108 valence electrons. The molecule has 0 heterocycles. The molecule has 0 fully saturated rings. The lowest BCUT2D eigenvalue weighted by molar-refractivity contribution is -0.124. The molecule has 5 heteroatoms. The van der Waals surface area contributed by atoms with Crippen molar-refractivity contribution in [3.8, 4) is 0 Å². The molecular formula is C13H28N2O3. The van der Waals surface area contributed by atoms with E-state index in [9.17, 15) is 9.90 Å². The van der Waals surface area contributed by atoms with Gasteiger partial charge < -0.3 is 15.2 Å². The van der Waals surface area contributed by atoms with Crippen LogP contribution < -0.4 is 5.32 Å². The lowest BCUT2D eigenvalue weighted by Crippen LogP contribution is -2.52. The van der Waals surface area contributed by atoms with E-state index in [4.69, 9.17) is 4.74 Å². The summed E-state index contributed by atoms with van der Waals surface area (Å²) in [6.45, 7) is 10.1. The van der Waals surface area contributed by atoms with Crippen molar-refractivity contribution >= 4 is 5.91 Å². The fraction of sp³-hybridized carbons (Fsp3) is 0.923. The smallest absolute Gasteiger partial charge is 0.234 e. The van der Waals surface area contributed by atoms with Gasteiger partial charge in [0.2, 0.25) is 5.91 Å². The lowest BCUT2D eigenvalue weighted by atomic mass is 10.0. The highest BCUT2D eigenvalue weighted by molar-refractivity contribution is 5.78. The van der Waals surface area contributed by atoms with Crippen molar-refractivity contribution in [1.29, 1.82) is 0 Å². The zero-order valence-electron chi connectivity index (χ0n) is 12.3. The molecule has 0 aromatic rings. The molecular weight excluding hydrogens is 232 g/mol. The Balaban J connectivity index is 4.35. The molecule has 0 unspecified atom stereocenters. The van der Waals surface area contributed by atoms with Gasteiger partial charge in [-0.2, -0.15) is 0 Å². The molecule has 0 aromatic carbocycles. The quantitative estimate of drug-likeness (QED) is 0.633. The molecule has 0 aromatic heterocycles. The van der Waals surface area contributed by atoms with Gasteiger partial charge in [-0.05, 0) is 19.8 Å². The van der Waals surface area contributed by atoms with Gasteiger partial charge in [0.05, 0.1) is 19.8 Å². The van der Waals surface area contributed by atoms with Gasteiger partial charge in [-0.25, -0.2) is 0 Å². The summed E-state index contributed by atoms with van der Waals surface area (Å²) in [5, 5.41) is 12.3. The first-order chi connectivity index (χ1) is 8.33. The molecule has 0 saturated carbocycles. The van der Waals surface area contributed by atoms with Crippen molar-refractivity contribution in [2.45, 2.75) is 33.2 Å². The van der Waals surface area contributed by atoms with Crippen molar-refractivity contribution in [3.63, 3.8) is 0 Å². The van der Waals surface area contributed by atoms with E-state index in [1.165, 1.54) is 0 Å². The van der Waals surface area contributed by atoms with Gasteiger partial charge >= 0.3 is 0 Å². The van der Waals surface area contributed by atoms with Gasteiger partial charge in [-0.1, -0.05) is 13.8 Å². The number of rotatable bonds is 9. The average molecular weight is 260 g/mol. The second-order valence-electron chi connectivity index (χ2n) is 5.58. The van der Waals surface area contributed by atoms with Gasteiger partial charge in [0, 0.05) is 25.7 Å². The van der Waals surface area contributed by atoms with Gasteiger partial charge in [-0.3, -0.25) is 9.69 Å². The second-order valence-corrected chi connectivity index (χ2v) is 5.58. The standard InChI is InChI=1S/C13H28N2O3/c1-11(2)8-14-12(17)9-15(6-7-18-5)13(3,4)10-16/h11,16H,6-10H2,1-5H3,(H,14,17). The van der Waals surface area contributed by atoms with Crippen molar-refractivity contribution < 1.29 is 14.6 Å². The first-order valence-electron chi connectivity index (χ1n) is 6.45. The van der Waals surface area contributed by atoms with Crippen molar-refractivity contribution in [2.24, 2.45) is 5.92 Å². The number of amides is 1. The number of hydrogen-bond donors (Lipinski definition) is 2. The highest BCUT2D eigenvalue weighted by atomic mass is 16.5. The summed E-state index contributed by atoms with van der Waals surface area (Å²) in [5.74, 6) is 0.425. The van der Waals surface area contributed by atoms with E-state index in [0.717, 1.165) is 0 Å². The molecule has 18 heavy (non-hydrogen) atoms. The predicted octanol–water partition coefficient (Wildman–Crippen LogP) is 0.478. The number of carbonyl (C=O) groups is 1. The average Bonchev–Trinajstić information content (AvgIpc) is 2.31. The van der Waals surface area contributed by atoms with Crippen LogP contribution in [0.5, 0.6) is 0 Å². The molecule has 1 amide bonds. The van der Waals surface area contributed by atoms with Gasteiger partial charge in [0.1, 0.15) is 0 Å². The van der Waals surface area contributed by atoms with Crippen LogP contribution in [0.1, 0.15) is 27.7 Å². The zero-order chi connectivity index (χ0) is 14.2. The Morgan fingerprint density at radius 3 is 2.50 bits per heavy atom. The minimum absolute atomic E-state index is 0.00811. The number of carbonyl (C=O) groups excluding carboxylic acids is 1. The van der Waals surface area contributed by atoms with Crippen molar-refractivity contribution in [1.82, 2.24) is 10.2 Å². The van der Waals surface area contributed by atoms with E-state index in [1.54, 1.807) is 7.11 Å². The van der Waals surface area contributed by atoms with Crippen LogP contribution in [0.2, 0.25) is 0 Å². The Bertz CT molecular complexity index is 242. The first-order valence-corrected chi connectivity index (χ1v) is 6.45. The maximum atomic E-state index is 11.8. The van der Waals surface area contributed by atoms with E-state index < -0.39 is 5.54 Å². The van der Waals surface area contributed by atoms with Crippen LogP contribution in [0.3, 0.4) is 0 Å². The number of aliphatic hydroxyl groups is 1. The van der Waals surface area contributed by atoms with Crippen LogP contribution in [-0.2, 0) is 9.53 Å². The summed E-state index contributed by atoms with van der Waals surface area (Å²) in [7, 11) is 1.63. The third-order valence-electron chi connectivity index (χ3n) is 2.85. The van der Waals surface area contributed by atoms with E-state index >= 15 is 0 Å². The van der Waals surface area contributed by atoms with Crippen molar-refractivity contribution in [3.05, 3.63) is 0 Å². The Hall–Kier alpha value is -0.650. The summed E-state index contributed by atoms with van der Waals surface area (Å²) >= 11 is 0. The number of hydrogen-bond acceptors (Lipinski definition) is 4. The summed E-state index contributed by atoms with van der Waals surface area (Å²) in [6, 6.07) is 0. The van der Waals surface area contributed by atoms with E-state index in [2.05, 4.69) is 19.2 Å². The Morgan fingerprint density at radius 2 is 2.06 bits per heavy atom. The normalized spacial score (nSPS) is 12.2. The largest absolute Gasteiger partial charge is 0.394 e. The minimum atomic E-state index is -0.423. The molecule has 2 N–H and O–H groups in total. The number of nitrogens with zero attached hydrogens (tertiary/aromatic N) is 1. The van der Waals surface area contributed by atoms with Crippen molar-refractivity contribution in [2.75, 3.05) is 40.0 Å². The molecule has 0 rings (SSSR count). The number of nitrogens with one attached hydrogen (secondary N) is 1. The molecule has 0 aliphatic rings.